The van der Waals surface area contributed by atoms with Crippen molar-refractivity contribution in [2.45, 2.75) is 45.1 Å². The molecule has 1 aliphatic rings. The average molecular weight is 245 g/mol. The number of nitrogens with zero attached hydrogens (tertiary/aromatic N) is 2. The molecule has 4 nitrogen and oxygen atoms in total. The topological polar surface area (TPSA) is 68.9 Å². The molecular weight excluding hydrogens is 226 g/mol. The van der Waals surface area contributed by atoms with Crippen molar-refractivity contribution in [1.29, 1.82) is 5.26 Å². The quantitative estimate of drug-likeness (QED) is 0.857. The molecular formula is C14H19N3O. The Morgan fingerprint density at radius 1 is 1.44 bits per heavy atom. The monoisotopic (exact) mass is 245 g/mol. The first-order chi connectivity index (χ1) is 8.60. The van der Waals surface area contributed by atoms with E-state index in [2.05, 4.69) is 16.4 Å². The second-order valence-corrected chi connectivity index (χ2v) is 5.15. The number of rotatable bonds is 3. The lowest BCUT2D eigenvalue weighted by Crippen LogP contribution is -2.39. The van der Waals surface area contributed by atoms with Gasteiger partial charge in [-0.05, 0) is 32.8 Å². The van der Waals surface area contributed by atoms with Crippen LogP contribution < -0.4 is 5.32 Å². The normalized spacial score (nSPS) is 17.4. The summed E-state index contributed by atoms with van der Waals surface area (Å²) in [6, 6.07) is 4.09. The third-order valence-electron chi connectivity index (χ3n) is 3.70. The van der Waals surface area contributed by atoms with Crippen molar-refractivity contribution in [2.75, 3.05) is 11.9 Å². The minimum absolute atomic E-state index is 0.109. The van der Waals surface area contributed by atoms with Crippen molar-refractivity contribution in [3.63, 3.8) is 0 Å². The maximum absolute atomic E-state index is 9.62. The molecule has 0 bridgehead atoms. The van der Waals surface area contributed by atoms with Crippen LogP contribution in [0.25, 0.3) is 0 Å². The summed E-state index contributed by atoms with van der Waals surface area (Å²) in [6.45, 7) is 3.87. The maximum Gasteiger partial charge on any atom is 0.103 e. The Morgan fingerprint density at radius 3 is 2.67 bits per heavy atom. The lowest BCUT2D eigenvalue weighted by molar-refractivity contribution is 0.214. The van der Waals surface area contributed by atoms with E-state index in [9.17, 15) is 10.4 Å². The van der Waals surface area contributed by atoms with Gasteiger partial charge in [-0.1, -0.05) is 12.8 Å². The van der Waals surface area contributed by atoms with Gasteiger partial charge in [0, 0.05) is 5.69 Å². The third-order valence-corrected chi connectivity index (χ3v) is 3.70. The van der Waals surface area contributed by atoms with Crippen LogP contribution in [0.2, 0.25) is 0 Å². The average Bonchev–Trinajstić information content (AvgIpc) is 2.78. The Hall–Kier alpha value is -1.60. The van der Waals surface area contributed by atoms with E-state index in [4.69, 9.17) is 0 Å². The molecule has 1 heterocycles. The first-order valence-electron chi connectivity index (χ1n) is 6.38. The van der Waals surface area contributed by atoms with Crippen LogP contribution in [0.4, 0.5) is 5.69 Å². The van der Waals surface area contributed by atoms with Crippen LogP contribution >= 0.6 is 0 Å². The molecule has 0 unspecified atom stereocenters. The van der Waals surface area contributed by atoms with Gasteiger partial charge in [0.05, 0.1) is 29.1 Å². The number of aryl methyl sites for hydroxylation is 2. The number of hydrogen-bond acceptors (Lipinski definition) is 4. The molecule has 0 radical (unpaired) electrons. The van der Waals surface area contributed by atoms with E-state index in [0.29, 0.717) is 5.56 Å². The second-order valence-electron chi connectivity index (χ2n) is 5.15. The fourth-order valence-corrected chi connectivity index (χ4v) is 2.73. The number of nitriles is 1. The molecule has 0 aromatic carbocycles. The van der Waals surface area contributed by atoms with Crippen LogP contribution in [-0.4, -0.2) is 22.2 Å². The van der Waals surface area contributed by atoms with Gasteiger partial charge >= 0.3 is 0 Å². The number of nitrogens with one attached hydrogen (secondary N) is 1. The number of pyridine rings is 1. The first-order valence-corrected chi connectivity index (χ1v) is 6.38. The van der Waals surface area contributed by atoms with E-state index >= 15 is 0 Å². The largest absolute Gasteiger partial charge is 0.394 e. The summed E-state index contributed by atoms with van der Waals surface area (Å²) in [5.74, 6) is 0. The summed E-state index contributed by atoms with van der Waals surface area (Å²) in [7, 11) is 0. The van der Waals surface area contributed by atoms with Crippen molar-refractivity contribution in [2.24, 2.45) is 0 Å². The van der Waals surface area contributed by atoms with Gasteiger partial charge < -0.3 is 10.4 Å². The molecule has 96 valence electrons. The maximum atomic E-state index is 9.62. The van der Waals surface area contributed by atoms with E-state index in [1.165, 1.54) is 0 Å². The molecule has 4 heteroatoms. The predicted octanol–water partition coefficient (Wildman–Crippen LogP) is 2.29. The highest BCUT2D eigenvalue weighted by Crippen LogP contribution is 2.34. The van der Waals surface area contributed by atoms with Crippen LogP contribution in [0.3, 0.4) is 0 Å². The summed E-state index contributed by atoms with van der Waals surface area (Å²) in [4.78, 5) is 4.30. The molecule has 1 aromatic heterocycles. The van der Waals surface area contributed by atoms with Gasteiger partial charge in [0.25, 0.3) is 0 Å². The fourth-order valence-electron chi connectivity index (χ4n) is 2.73. The minimum Gasteiger partial charge on any atom is -0.394 e. The van der Waals surface area contributed by atoms with Crippen molar-refractivity contribution >= 4 is 5.69 Å². The van der Waals surface area contributed by atoms with Crippen LogP contribution in [0.15, 0.2) is 6.07 Å². The minimum atomic E-state index is -0.258. The van der Waals surface area contributed by atoms with Gasteiger partial charge in [-0.3, -0.25) is 4.98 Å². The van der Waals surface area contributed by atoms with Crippen LogP contribution in [-0.2, 0) is 0 Å². The Kier molecular flexibility index (Phi) is 3.53. The Balaban J connectivity index is 2.36. The van der Waals surface area contributed by atoms with Crippen LogP contribution in [0.5, 0.6) is 0 Å². The summed E-state index contributed by atoms with van der Waals surface area (Å²) >= 11 is 0. The van der Waals surface area contributed by atoms with Gasteiger partial charge in [-0.15, -0.1) is 0 Å². The fraction of sp³-hybridized carbons (Fsp3) is 0.571. The highest BCUT2D eigenvalue weighted by molar-refractivity contribution is 5.61. The molecule has 2 N–H and O–H groups in total. The Bertz CT molecular complexity index is 485. The van der Waals surface area contributed by atoms with E-state index < -0.39 is 0 Å². The third kappa shape index (κ3) is 2.32. The summed E-state index contributed by atoms with van der Waals surface area (Å²) < 4.78 is 0. The van der Waals surface area contributed by atoms with Gasteiger partial charge in [0.15, 0.2) is 0 Å². The SMILES string of the molecule is Cc1cc(NC2(CO)CCCC2)c(C#N)c(C)n1. The lowest BCUT2D eigenvalue weighted by Gasteiger charge is -2.30. The molecule has 2 rings (SSSR count). The highest BCUT2D eigenvalue weighted by atomic mass is 16.3. The molecule has 1 aromatic rings. The molecule has 18 heavy (non-hydrogen) atoms. The van der Waals surface area contributed by atoms with Gasteiger partial charge in [0.2, 0.25) is 0 Å². The van der Waals surface area contributed by atoms with E-state index in [0.717, 1.165) is 42.8 Å². The first kappa shape index (κ1) is 12.8. The van der Waals surface area contributed by atoms with E-state index in [1.807, 2.05) is 19.9 Å². The molecule has 1 fully saturated rings. The van der Waals surface area contributed by atoms with Crippen molar-refractivity contribution < 1.29 is 5.11 Å². The van der Waals surface area contributed by atoms with Crippen molar-refractivity contribution in [3.05, 3.63) is 23.0 Å². The zero-order valence-electron chi connectivity index (χ0n) is 11.0. The van der Waals surface area contributed by atoms with E-state index in [-0.39, 0.29) is 12.1 Å². The molecule has 1 saturated carbocycles. The number of aliphatic hydroxyl groups excluding tert-OH is 1. The zero-order chi connectivity index (χ0) is 13.2. The van der Waals surface area contributed by atoms with Gasteiger partial charge in [0.1, 0.15) is 6.07 Å². The second kappa shape index (κ2) is 4.95. The predicted molar refractivity (Wildman–Crippen MR) is 70.3 cm³/mol. The van der Waals surface area contributed by atoms with Gasteiger partial charge in [-0.2, -0.15) is 5.26 Å². The summed E-state index contributed by atoms with van der Waals surface area (Å²) in [5.41, 5.74) is 2.76. The lowest BCUT2D eigenvalue weighted by atomic mass is 9.97. The highest BCUT2D eigenvalue weighted by Gasteiger charge is 2.33. The smallest absolute Gasteiger partial charge is 0.103 e. The number of anilines is 1. The standard InChI is InChI=1S/C14H19N3O/c1-10-7-13(12(8-15)11(2)16-10)17-14(9-18)5-3-4-6-14/h7,18H,3-6,9H2,1-2H3,(H,16,17). The van der Waals surface area contributed by atoms with Crippen LogP contribution in [0, 0.1) is 25.2 Å². The molecule has 0 aliphatic heterocycles. The zero-order valence-corrected chi connectivity index (χ0v) is 11.0. The number of aliphatic hydroxyl groups is 1. The Morgan fingerprint density at radius 2 is 2.11 bits per heavy atom. The number of hydrogen-bond donors (Lipinski definition) is 2. The van der Waals surface area contributed by atoms with Crippen molar-refractivity contribution in [3.8, 4) is 6.07 Å². The molecule has 0 saturated heterocycles. The summed E-state index contributed by atoms with van der Waals surface area (Å²) in [5, 5.41) is 22.2. The molecule has 0 atom stereocenters. The number of aromatic nitrogens is 1. The summed E-state index contributed by atoms with van der Waals surface area (Å²) in [6.07, 6.45) is 4.15. The van der Waals surface area contributed by atoms with E-state index in [1.54, 1.807) is 0 Å². The van der Waals surface area contributed by atoms with Crippen LogP contribution in [0.1, 0.15) is 42.6 Å². The molecule has 1 aliphatic carbocycles. The molecule has 0 spiro atoms. The van der Waals surface area contributed by atoms with Gasteiger partial charge in [-0.25, -0.2) is 0 Å². The van der Waals surface area contributed by atoms with Crippen molar-refractivity contribution in [1.82, 2.24) is 4.98 Å². The molecule has 0 amide bonds. The Labute approximate surface area is 108 Å².